The van der Waals surface area contributed by atoms with Crippen molar-refractivity contribution >= 4 is 16.7 Å². The zero-order chi connectivity index (χ0) is 14.3. The van der Waals surface area contributed by atoms with Gasteiger partial charge >= 0.3 is 0 Å². The minimum atomic E-state index is -0.363. The van der Waals surface area contributed by atoms with Crippen molar-refractivity contribution in [3.8, 4) is 17.2 Å². The number of phenols is 2. The molecule has 0 bridgehead atoms. The molecule has 0 saturated heterocycles. The molecular formula is C15H11NO4. The highest BCUT2D eigenvalue weighted by atomic mass is 16.3. The molecule has 0 amide bonds. The van der Waals surface area contributed by atoms with Crippen molar-refractivity contribution < 1.29 is 20.1 Å². The quantitative estimate of drug-likeness (QED) is 0.538. The number of rotatable bonds is 2. The van der Waals surface area contributed by atoms with Crippen molar-refractivity contribution in [1.82, 2.24) is 4.98 Å². The van der Waals surface area contributed by atoms with Crippen molar-refractivity contribution in [2.75, 3.05) is 0 Å². The molecule has 0 unspecified atom stereocenters. The standard InChI is InChI=1S/C15H11NO4/c17-9-3-1-8(2-4-9)15(20)11-5-12-10(6-13(11)18)14(19)7-16-12/h1-7,16-19H. The normalized spacial score (nSPS) is 10.8. The summed E-state index contributed by atoms with van der Waals surface area (Å²) in [6, 6.07) is 8.60. The minimum Gasteiger partial charge on any atom is -0.508 e. The lowest BCUT2D eigenvalue weighted by atomic mass is 10.0. The zero-order valence-corrected chi connectivity index (χ0v) is 10.3. The van der Waals surface area contributed by atoms with Crippen LogP contribution in [0.4, 0.5) is 0 Å². The molecule has 1 heterocycles. The first-order chi connectivity index (χ1) is 9.56. The number of hydrogen-bond acceptors (Lipinski definition) is 4. The van der Waals surface area contributed by atoms with Gasteiger partial charge in [0.2, 0.25) is 0 Å². The number of aromatic nitrogens is 1. The van der Waals surface area contributed by atoms with Crippen molar-refractivity contribution in [2.45, 2.75) is 0 Å². The first-order valence-electron chi connectivity index (χ1n) is 5.93. The van der Waals surface area contributed by atoms with E-state index in [4.69, 9.17) is 0 Å². The fraction of sp³-hybridized carbons (Fsp3) is 0. The van der Waals surface area contributed by atoms with Gasteiger partial charge in [-0.15, -0.1) is 0 Å². The Bertz CT molecular complexity index is 803. The maximum atomic E-state index is 12.3. The highest BCUT2D eigenvalue weighted by Crippen LogP contribution is 2.31. The second-order valence-electron chi connectivity index (χ2n) is 4.46. The van der Waals surface area contributed by atoms with E-state index in [1.54, 1.807) is 0 Å². The summed E-state index contributed by atoms with van der Waals surface area (Å²) in [5, 5.41) is 29.2. The van der Waals surface area contributed by atoms with Crippen LogP contribution in [0.3, 0.4) is 0 Å². The van der Waals surface area contributed by atoms with Gasteiger partial charge < -0.3 is 20.3 Å². The third kappa shape index (κ3) is 1.85. The molecule has 5 nitrogen and oxygen atoms in total. The van der Waals surface area contributed by atoms with E-state index in [9.17, 15) is 20.1 Å². The first-order valence-corrected chi connectivity index (χ1v) is 5.93. The number of hydrogen-bond donors (Lipinski definition) is 4. The van der Waals surface area contributed by atoms with Gasteiger partial charge in [0.15, 0.2) is 5.78 Å². The second-order valence-corrected chi connectivity index (χ2v) is 4.46. The molecule has 0 spiro atoms. The van der Waals surface area contributed by atoms with Crippen molar-refractivity contribution in [1.29, 1.82) is 0 Å². The topological polar surface area (TPSA) is 93.5 Å². The van der Waals surface area contributed by atoms with Crippen LogP contribution in [-0.2, 0) is 0 Å². The van der Waals surface area contributed by atoms with Gasteiger partial charge in [0.05, 0.1) is 11.1 Å². The van der Waals surface area contributed by atoms with Crippen LogP contribution in [-0.4, -0.2) is 26.1 Å². The van der Waals surface area contributed by atoms with Crippen LogP contribution in [0.25, 0.3) is 10.9 Å². The van der Waals surface area contributed by atoms with Crippen LogP contribution in [0.2, 0.25) is 0 Å². The Morgan fingerprint density at radius 1 is 0.950 bits per heavy atom. The van der Waals surface area contributed by atoms with E-state index in [-0.39, 0.29) is 28.6 Å². The van der Waals surface area contributed by atoms with E-state index in [2.05, 4.69) is 4.98 Å². The lowest BCUT2D eigenvalue weighted by Crippen LogP contribution is -2.01. The summed E-state index contributed by atoms with van der Waals surface area (Å²) in [5.74, 6) is -0.488. The number of ketones is 1. The molecule has 20 heavy (non-hydrogen) atoms. The lowest BCUT2D eigenvalue weighted by molar-refractivity contribution is 0.103. The lowest BCUT2D eigenvalue weighted by Gasteiger charge is -2.05. The molecule has 0 aliphatic carbocycles. The molecule has 0 aliphatic heterocycles. The van der Waals surface area contributed by atoms with E-state index < -0.39 is 0 Å². The van der Waals surface area contributed by atoms with Gasteiger partial charge in [0, 0.05) is 17.1 Å². The molecule has 4 N–H and O–H groups in total. The van der Waals surface area contributed by atoms with E-state index in [1.807, 2.05) is 0 Å². The van der Waals surface area contributed by atoms with Crippen LogP contribution in [0.5, 0.6) is 17.2 Å². The molecule has 100 valence electrons. The number of carbonyl (C=O) groups excluding carboxylic acids is 1. The number of carbonyl (C=O) groups is 1. The van der Waals surface area contributed by atoms with Gasteiger partial charge in [-0.1, -0.05) is 0 Å². The number of benzene rings is 2. The van der Waals surface area contributed by atoms with Gasteiger partial charge in [-0.3, -0.25) is 4.79 Å². The Balaban J connectivity index is 2.11. The molecule has 0 saturated carbocycles. The second kappa shape index (κ2) is 4.31. The van der Waals surface area contributed by atoms with Gasteiger partial charge in [0.25, 0.3) is 0 Å². The van der Waals surface area contributed by atoms with Gasteiger partial charge in [-0.05, 0) is 36.4 Å². The molecule has 3 rings (SSSR count). The van der Waals surface area contributed by atoms with Crippen LogP contribution in [0, 0.1) is 0 Å². The molecule has 1 aromatic heterocycles. The monoisotopic (exact) mass is 269 g/mol. The number of fused-ring (bicyclic) bond motifs is 1. The number of aromatic hydroxyl groups is 3. The van der Waals surface area contributed by atoms with Crippen LogP contribution in [0.1, 0.15) is 15.9 Å². The van der Waals surface area contributed by atoms with Crippen molar-refractivity contribution in [3.63, 3.8) is 0 Å². The molecule has 0 atom stereocenters. The predicted octanol–water partition coefficient (Wildman–Crippen LogP) is 2.52. The number of aromatic amines is 1. The van der Waals surface area contributed by atoms with Crippen LogP contribution in [0.15, 0.2) is 42.6 Å². The summed E-state index contributed by atoms with van der Waals surface area (Å²) >= 11 is 0. The number of nitrogens with one attached hydrogen (secondary N) is 1. The van der Waals surface area contributed by atoms with Gasteiger partial charge in [-0.25, -0.2) is 0 Å². The maximum Gasteiger partial charge on any atom is 0.196 e. The molecule has 5 heteroatoms. The number of H-pyrrole nitrogens is 1. The summed E-state index contributed by atoms with van der Waals surface area (Å²) in [6.07, 6.45) is 1.39. The Hall–Kier alpha value is -2.95. The van der Waals surface area contributed by atoms with E-state index in [0.717, 1.165) is 0 Å². The Labute approximate surface area is 113 Å². The Kier molecular flexibility index (Phi) is 2.61. The molecular weight excluding hydrogens is 258 g/mol. The largest absolute Gasteiger partial charge is 0.508 e. The summed E-state index contributed by atoms with van der Waals surface area (Å²) in [5.41, 5.74) is 1.04. The fourth-order valence-electron chi connectivity index (χ4n) is 2.09. The van der Waals surface area contributed by atoms with Crippen LogP contribution < -0.4 is 0 Å². The van der Waals surface area contributed by atoms with Crippen LogP contribution >= 0.6 is 0 Å². The summed E-state index contributed by atoms with van der Waals surface area (Å²) in [7, 11) is 0. The van der Waals surface area contributed by atoms with Gasteiger partial charge in [0.1, 0.15) is 17.2 Å². The SMILES string of the molecule is O=C(c1ccc(O)cc1)c1cc2[nH]cc(O)c2cc1O. The highest BCUT2D eigenvalue weighted by Gasteiger charge is 2.16. The third-order valence-corrected chi connectivity index (χ3v) is 3.15. The van der Waals surface area contributed by atoms with E-state index >= 15 is 0 Å². The Morgan fingerprint density at radius 3 is 2.35 bits per heavy atom. The predicted molar refractivity (Wildman–Crippen MR) is 73.2 cm³/mol. The summed E-state index contributed by atoms with van der Waals surface area (Å²) in [6.45, 7) is 0. The zero-order valence-electron chi connectivity index (χ0n) is 10.3. The smallest absolute Gasteiger partial charge is 0.196 e. The average Bonchev–Trinajstić information content (AvgIpc) is 2.79. The molecule has 0 aliphatic rings. The minimum absolute atomic E-state index is 0.0129. The van der Waals surface area contributed by atoms with E-state index in [0.29, 0.717) is 16.5 Å². The summed E-state index contributed by atoms with van der Waals surface area (Å²) < 4.78 is 0. The molecule has 0 fully saturated rings. The Morgan fingerprint density at radius 2 is 1.65 bits per heavy atom. The molecule has 2 aromatic carbocycles. The first kappa shape index (κ1) is 12.1. The van der Waals surface area contributed by atoms with Crippen molar-refractivity contribution in [2.24, 2.45) is 0 Å². The number of phenolic OH excluding ortho intramolecular Hbond substituents is 2. The molecule has 0 radical (unpaired) electrons. The fourth-order valence-corrected chi connectivity index (χ4v) is 2.09. The summed E-state index contributed by atoms with van der Waals surface area (Å²) in [4.78, 5) is 15.1. The maximum absolute atomic E-state index is 12.3. The van der Waals surface area contributed by atoms with E-state index in [1.165, 1.54) is 42.6 Å². The molecule has 3 aromatic rings. The highest BCUT2D eigenvalue weighted by molar-refractivity contribution is 6.12. The third-order valence-electron chi connectivity index (χ3n) is 3.15. The average molecular weight is 269 g/mol. The van der Waals surface area contributed by atoms with Crippen molar-refractivity contribution in [3.05, 3.63) is 53.7 Å². The van der Waals surface area contributed by atoms with Gasteiger partial charge in [-0.2, -0.15) is 0 Å².